The quantitative estimate of drug-likeness (QED) is 0.738. The van der Waals surface area contributed by atoms with E-state index in [1.807, 2.05) is 12.4 Å². The molecule has 4 heterocycles. The molecule has 0 saturated carbocycles. The number of nitrogens with zero attached hydrogens (tertiary/aromatic N) is 3. The van der Waals surface area contributed by atoms with Crippen LogP contribution in [-0.2, 0) is 9.53 Å². The molecule has 136 valence electrons. The van der Waals surface area contributed by atoms with Gasteiger partial charge in [0.2, 0.25) is 0 Å². The Hall–Kier alpha value is -2.14. The number of carbonyl (C=O) groups excluding carboxylic acids is 1. The highest BCUT2D eigenvalue weighted by molar-refractivity contribution is 5.87. The lowest BCUT2D eigenvalue weighted by Gasteiger charge is -2.45. The van der Waals surface area contributed by atoms with Crippen LogP contribution in [-0.4, -0.2) is 44.6 Å². The van der Waals surface area contributed by atoms with Crippen LogP contribution in [0.15, 0.2) is 42.2 Å². The lowest BCUT2D eigenvalue weighted by atomic mass is 9.82. The largest absolute Gasteiger partial charge is 0.450 e. The number of rotatable bonds is 1. The number of aromatic nitrogens is 2. The van der Waals surface area contributed by atoms with Crippen molar-refractivity contribution in [1.82, 2.24) is 14.5 Å². The van der Waals surface area contributed by atoms with Crippen LogP contribution in [0.3, 0.4) is 0 Å². The van der Waals surface area contributed by atoms with Crippen molar-refractivity contribution < 1.29 is 9.53 Å². The summed E-state index contributed by atoms with van der Waals surface area (Å²) in [6, 6.07) is 9.16. The second kappa shape index (κ2) is 5.68. The van der Waals surface area contributed by atoms with Gasteiger partial charge in [-0.1, -0.05) is 18.6 Å². The molecule has 2 saturated heterocycles. The van der Waals surface area contributed by atoms with E-state index in [4.69, 9.17) is 4.74 Å². The molecule has 4 atom stereocenters. The molecular weight excluding hydrogens is 326 g/mol. The summed E-state index contributed by atoms with van der Waals surface area (Å²) in [5.74, 6) is -0.184. The van der Waals surface area contributed by atoms with Crippen LogP contribution in [0.5, 0.6) is 0 Å². The maximum Gasteiger partial charge on any atom is 0.331 e. The van der Waals surface area contributed by atoms with Crippen LogP contribution in [0.1, 0.15) is 45.6 Å². The third-order valence-corrected chi connectivity index (χ3v) is 6.77. The molecule has 0 amide bonds. The van der Waals surface area contributed by atoms with E-state index in [1.54, 1.807) is 6.08 Å². The minimum Gasteiger partial charge on any atom is -0.450 e. The summed E-state index contributed by atoms with van der Waals surface area (Å²) in [4.78, 5) is 19.3. The Morgan fingerprint density at radius 3 is 3.00 bits per heavy atom. The first-order chi connectivity index (χ1) is 12.6. The van der Waals surface area contributed by atoms with Crippen molar-refractivity contribution in [2.45, 2.75) is 63.3 Å². The molecular formula is C21H25N3O2. The number of para-hydroxylation sites is 2. The Bertz CT molecular complexity index is 902. The number of carbonyl (C=O) groups is 1. The van der Waals surface area contributed by atoms with Gasteiger partial charge in [0.15, 0.2) is 0 Å². The molecule has 5 rings (SSSR count). The van der Waals surface area contributed by atoms with Crippen LogP contribution in [0.25, 0.3) is 11.0 Å². The van der Waals surface area contributed by atoms with Crippen LogP contribution in [0.2, 0.25) is 0 Å². The number of hydrogen-bond acceptors (Lipinski definition) is 4. The number of piperidine rings is 1. The van der Waals surface area contributed by atoms with Crippen LogP contribution >= 0.6 is 0 Å². The zero-order valence-electron chi connectivity index (χ0n) is 15.4. The van der Waals surface area contributed by atoms with E-state index in [9.17, 15) is 4.79 Å². The molecule has 2 fully saturated rings. The van der Waals surface area contributed by atoms with Gasteiger partial charge in [-0.2, -0.15) is 0 Å². The fraction of sp³-hybridized carbons (Fsp3) is 0.524. The second-order valence-electron chi connectivity index (χ2n) is 8.10. The van der Waals surface area contributed by atoms with Crippen LogP contribution < -0.4 is 0 Å². The highest BCUT2D eigenvalue weighted by Crippen LogP contribution is 2.47. The molecule has 0 bridgehead atoms. The standard InChI is InChI=1S/C21H25N3O2/c1-14-18(24-13-22-16-7-3-4-8-17(16)24)11-15-12-20(25)26-21(15,2)19-9-5-6-10-23(14)19/h3-4,7-8,12-14,18-19H,5-6,9-11H2,1-2H3/t14-,18?,19+,21-/m0/s1. The van der Waals surface area contributed by atoms with E-state index in [2.05, 4.69) is 46.5 Å². The molecule has 0 spiro atoms. The Morgan fingerprint density at radius 2 is 2.12 bits per heavy atom. The van der Waals surface area contributed by atoms with E-state index in [0.29, 0.717) is 6.04 Å². The number of benzene rings is 1. The van der Waals surface area contributed by atoms with Gasteiger partial charge in [-0.3, -0.25) is 4.90 Å². The second-order valence-corrected chi connectivity index (χ2v) is 8.10. The normalized spacial score (nSPS) is 34.8. The van der Waals surface area contributed by atoms with Gasteiger partial charge in [0.05, 0.1) is 29.4 Å². The Balaban J connectivity index is 1.64. The monoisotopic (exact) mass is 351 g/mol. The lowest BCUT2D eigenvalue weighted by Crippen LogP contribution is -2.56. The fourth-order valence-corrected chi connectivity index (χ4v) is 5.36. The topological polar surface area (TPSA) is 47.4 Å². The van der Waals surface area contributed by atoms with Crippen molar-refractivity contribution in [3.63, 3.8) is 0 Å². The Morgan fingerprint density at radius 1 is 1.27 bits per heavy atom. The maximum atomic E-state index is 12.2. The minimum atomic E-state index is -0.489. The first kappa shape index (κ1) is 16.1. The molecule has 1 aromatic heterocycles. The third kappa shape index (κ3) is 2.19. The molecule has 1 unspecified atom stereocenters. The molecule has 0 N–H and O–H groups in total. The number of imidazole rings is 1. The highest BCUT2D eigenvalue weighted by Gasteiger charge is 2.53. The minimum absolute atomic E-state index is 0.184. The number of esters is 1. The molecule has 0 aliphatic carbocycles. The number of ether oxygens (including phenoxy) is 1. The SMILES string of the molecule is C[C@H]1C(n2cnc3ccccc32)CC2=CC(=O)O[C@]2(C)[C@H]2CCCCN12. The molecule has 2 aromatic rings. The van der Waals surface area contributed by atoms with Gasteiger partial charge in [-0.25, -0.2) is 9.78 Å². The summed E-state index contributed by atoms with van der Waals surface area (Å²) < 4.78 is 8.21. The summed E-state index contributed by atoms with van der Waals surface area (Å²) in [7, 11) is 0. The van der Waals surface area contributed by atoms with Crippen molar-refractivity contribution in [2.24, 2.45) is 0 Å². The molecule has 3 aliphatic rings. The molecule has 1 aromatic carbocycles. The predicted octanol–water partition coefficient (Wildman–Crippen LogP) is 3.47. The van der Waals surface area contributed by atoms with Crippen molar-refractivity contribution in [3.8, 4) is 0 Å². The van der Waals surface area contributed by atoms with Crippen LogP contribution in [0.4, 0.5) is 0 Å². The van der Waals surface area contributed by atoms with Gasteiger partial charge in [-0.05, 0) is 57.4 Å². The molecule has 0 radical (unpaired) electrons. The summed E-state index contributed by atoms with van der Waals surface area (Å²) >= 11 is 0. The van der Waals surface area contributed by atoms with E-state index in [1.165, 1.54) is 12.8 Å². The van der Waals surface area contributed by atoms with Crippen LogP contribution in [0, 0.1) is 0 Å². The fourth-order valence-electron chi connectivity index (χ4n) is 5.36. The van der Waals surface area contributed by atoms with Crippen molar-refractivity contribution >= 4 is 17.0 Å². The summed E-state index contributed by atoms with van der Waals surface area (Å²) in [6.45, 7) is 5.51. The summed E-state index contributed by atoms with van der Waals surface area (Å²) in [5.41, 5.74) is 2.84. The van der Waals surface area contributed by atoms with Gasteiger partial charge in [0.25, 0.3) is 0 Å². The number of fused-ring (bicyclic) bond motifs is 4. The van der Waals surface area contributed by atoms with Crippen molar-refractivity contribution in [2.75, 3.05) is 6.54 Å². The smallest absolute Gasteiger partial charge is 0.331 e. The summed E-state index contributed by atoms with van der Waals surface area (Å²) in [5, 5.41) is 0. The maximum absolute atomic E-state index is 12.2. The number of hydrogen-bond donors (Lipinski definition) is 0. The van der Waals surface area contributed by atoms with E-state index < -0.39 is 5.60 Å². The summed E-state index contributed by atoms with van der Waals surface area (Å²) in [6.07, 6.45) is 8.04. The Kier molecular flexibility index (Phi) is 3.51. The first-order valence-electron chi connectivity index (χ1n) is 9.69. The average Bonchev–Trinajstić information content (AvgIpc) is 3.18. The molecule has 5 heteroatoms. The molecule has 3 aliphatic heterocycles. The predicted molar refractivity (Wildman–Crippen MR) is 99.8 cm³/mol. The lowest BCUT2D eigenvalue weighted by molar-refractivity contribution is -0.151. The van der Waals surface area contributed by atoms with Gasteiger partial charge < -0.3 is 9.30 Å². The highest BCUT2D eigenvalue weighted by atomic mass is 16.6. The molecule has 5 nitrogen and oxygen atoms in total. The van der Waals surface area contributed by atoms with Crippen molar-refractivity contribution in [3.05, 3.63) is 42.2 Å². The zero-order valence-corrected chi connectivity index (χ0v) is 15.4. The molecule has 26 heavy (non-hydrogen) atoms. The van der Waals surface area contributed by atoms with Gasteiger partial charge >= 0.3 is 5.97 Å². The van der Waals surface area contributed by atoms with Gasteiger partial charge in [-0.15, -0.1) is 0 Å². The van der Waals surface area contributed by atoms with Crippen molar-refractivity contribution in [1.29, 1.82) is 0 Å². The van der Waals surface area contributed by atoms with Gasteiger partial charge in [0, 0.05) is 12.1 Å². The van der Waals surface area contributed by atoms with Gasteiger partial charge in [0.1, 0.15) is 5.60 Å². The van der Waals surface area contributed by atoms with E-state index in [0.717, 1.165) is 36.0 Å². The third-order valence-electron chi connectivity index (χ3n) is 6.77. The first-order valence-corrected chi connectivity index (χ1v) is 9.69. The van der Waals surface area contributed by atoms with E-state index in [-0.39, 0.29) is 18.1 Å². The van der Waals surface area contributed by atoms with E-state index >= 15 is 0 Å². The zero-order chi connectivity index (χ0) is 17.9. The average molecular weight is 351 g/mol. The Labute approximate surface area is 153 Å².